The van der Waals surface area contributed by atoms with Crippen LogP contribution in [0.25, 0.3) is 5.70 Å². The summed E-state index contributed by atoms with van der Waals surface area (Å²) in [7, 11) is 0. The van der Waals surface area contributed by atoms with Crippen LogP contribution in [0, 0.1) is 12.3 Å². The van der Waals surface area contributed by atoms with E-state index < -0.39 is 0 Å². The van der Waals surface area contributed by atoms with Crippen LogP contribution >= 0.6 is 0 Å². The second-order valence-corrected chi connectivity index (χ2v) is 11.2. The molecule has 0 aromatic heterocycles. The number of allylic oxidation sites excluding steroid dienone is 1. The summed E-state index contributed by atoms with van der Waals surface area (Å²) in [5.41, 5.74) is 14.0. The number of hydrogen-bond donors (Lipinski definition) is 2. The van der Waals surface area contributed by atoms with Crippen LogP contribution in [0.5, 0.6) is 0 Å². The van der Waals surface area contributed by atoms with Gasteiger partial charge in [0.2, 0.25) is 0 Å². The Labute approximate surface area is 210 Å². The molecule has 3 nitrogen and oxygen atoms in total. The minimum atomic E-state index is 0.575. The van der Waals surface area contributed by atoms with E-state index in [1.54, 1.807) is 0 Å². The summed E-state index contributed by atoms with van der Waals surface area (Å²) in [5.74, 6) is 0. The summed E-state index contributed by atoms with van der Waals surface area (Å²) < 4.78 is 0. The molecule has 0 saturated heterocycles. The molecule has 3 aromatic rings. The number of nitrogens with one attached hydrogen (secondary N) is 2. The Kier molecular flexibility index (Phi) is 5.69. The Morgan fingerprint density at radius 1 is 1.00 bits per heavy atom. The van der Waals surface area contributed by atoms with E-state index in [9.17, 15) is 0 Å². The molecule has 0 radical (unpaired) electrons. The first-order chi connectivity index (χ1) is 17.0. The smallest absolute Gasteiger partial charge is 0.0456 e. The Balaban J connectivity index is 1.27. The van der Waals surface area contributed by atoms with Gasteiger partial charge < -0.3 is 10.6 Å². The van der Waals surface area contributed by atoms with Crippen molar-refractivity contribution in [3.05, 3.63) is 94.1 Å². The molecule has 1 saturated carbocycles. The zero-order valence-electron chi connectivity index (χ0n) is 21.4. The molecule has 3 aromatic carbocycles. The monoisotopic (exact) mass is 463 g/mol. The van der Waals surface area contributed by atoms with Gasteiger partial charge in [-0.3, -0.25) is 4.90 Å². The van der Waals surface area contributed by atoms with Gasteiger partial charge in [0, 0.05) is 48.0 Å². The van der Waals surface area contributed by atoms with Gasteiger partial charge in [-0.2, -0.15) is 0 Å². The lowest BCUT2D eigenvalue weighted by Crippen LogP contribution is -2.34. The molecule has 3 aliphatic rings. The van der Waals surface area contributed by atoms with E-state index in [2.05, 4.69) is 97.0 Å². The number of hydrogen-bond acceptors (Lipinski definition) is 3. The third kappa shape index (κ3) is 4.50. The molecule has 35 heavy (non-hydrogen) atoms. The van der Waals surface area contributed by atoms with E-state index in [0.717, 1.165) is 38.0 Å². The second-order valence-electron chi connectivity index (χ2n) is 11.2. The number of aryl methyl sites for hydroxylation is 1. The van der Waals surface area contributed by atoms with Crippen LogP contribution < -0.4 is 10.6 Å². The third-order valence-electron chi connectivity index (χ3n) is 8.30. The van der Waals surface area contributed by atoms with E-state index in [4.69, 9.17) is 0 Å². The van der Waals surface area contributed by atoms with Gasteiger partial charge in [-0.15, -0.1) is 0 Å². The predicted octanol–water partition coefficient (Wildman–Crippen LogP) is 7.69. The number of nitrogens with zero attached hydrogens (tertiary/aromatic N) is 1. The van der Waals surface area contributed by atoms with Crippen LogP contribution in [0.4, 0.5) is 17.1 Å². The van der Waals surface area contributed by atoms with Gasteiger partial charge in [0.25, 0.3) is 0 Å². The van der Waals surface area contributed by atoms with E-state index in [-0.39, 0.29) is 0 Å². The standard InChI is InChI=1S/C32H37N3/c1-4-23-18-24-8-5-6-10-29(24)34-31(23)28-19-26(13-12-22(28)2)33-30-11-7-9-25-20-35(17-14-27(25)30)21-32(3)15-16-32/h5-13,19,33-34H,4,14-18,20-21H2,1-3H3. The maximum Gasteiger partial charge on any atom is 0.0456 e. The van der Waals surface area contributed by atoms with Crippen LogP contribution in [0.1, 0.15) is 60.9 Å². The van der Waals surface area contributed by atoms with Crippen LogP contribution in [-0.4, -0.2) is 18.0 Å². The maximum atomic E-state index is 3.80. The number of rotatable bonds is 6. The zero-order valence-corrected chi connectivity index (χ0v) is 21.4. The SMILES string of the molecule is CCC1=C(c2cc(Nc3cccc4c3CCN(CC3(C)CC3)C4)ccc2C)Nc2ccccc2C1. The molecule has 0 unspecified atom stereocenters. The normalized spacial score (nSPS) is 18.5. The van der Waals surface area contributed by atoms with Gasteiger partial charge in [0.1, 0.15) is 0 Å². The van der Waals surface area contributed by atoms with Gasteiger partial charge in [0.05, 0.1) is 0 Å². The molecule has 0 bridgehead atoms. The van der Waals surface area contributed by atoms with Crippen LogP contribution in [0.2, 0.25) is 0 Å². The molecule has 2 heterocycles. The zero-order chi connectivity index (χ0) is 24.0. The average molecular weight is 464 g/mol. The molecule has 3 heteroatoms. The Hall–Kier alpha value is -3.04. The first kappa shape index (κ1) is 22.4. The lowest BCUT2D eigenvalue weighted by molar-refractivity contribution is 0.211. The van der Waals surface area contributed by atoms with Crippen molar-refractivity contribution in [2.45, 2.75) is 59.4 Å². The molecule has 0 spiro atoms. The van der Waals surface area contributed by atoms with Crippen molar-refractivity contribution in [3.63, 3.8) is 0 Å². The van der Waals surface area contributed by atoms with Crippen LogP contribution in [0.3, 0.4) is 0 Å². The number of anilines is 3. The predicted molar refractivity (Wildman–Crippen MR) is 148 cm³/mol. The van der Waals surface area contributed by atoms with Gasteiger partial charge in [-0.25, -0.2) is 0 Å². The first-order valence-electron chi connectivity index (χ1n) is 13.3. The fourth-order valence-electron chi connectivity index (χ4n) is 5.85. The molecule has 0 atom stereocenters. The number of fused-ring (bicyclic) bond motifs is 2. The summed E-state index contributed by atoms with van der Waals surface area (Å²) in [6.45, 7) is 10.4. The van der Waals surface area contributed by atoms with Gasteiger partial charge in [-0.05, 0) is 96.5 Å². The van der Waals surface area contributed by atoms with Crippen LogP contribution in [-0.2, 0) is 19.4 Å². The lowest BCUT2D eigenvalue weighted by atomic mass is 9.91. The maximum absolute atomic E-state index is 3.80. The largest absolute Gasteiger partial charge is 0.355 e. The van der Waals surface area contributed by atoms with Gasteiger partial charge >= 0.3 is 0 Å². The average Bonchev–Trinajstić information content (AvgIpc) is 3.60. The molecule has 180 valence electrons. The Morgan fingerprint density at radius 3 is 2.66 bits per heavy atom. The molecule has 1 fully saturated rings. The van der Waals surface area contributed by atoms with Gasteiger partial charge in [-0.1, -0.05) is 50.2 Å². The highest BCUT2D eigenvalue weighted by molar-refractivity contribution is 5.86. The molecule has 0 amide bonds. The van der Waals surface area contributed by atoms with Crippen molar-refractivity contribution in [2.24, 2.45) is 5.41 Å². The highest BCUT2D eigenvalue weighted by Crippen LogP contribution is 2.46. The third-order valence-corrected chi connectivity index (χ3v) is 8.30. The van der Waals surface area contributed by atoms with Crippen molar-refractivity contribution in [1.82, 2.24) is 4.90 Å². The summed E-state index contributed by atoms with van der Waals surface area (Å²) in [6, 6.07) is 22.3. The fourth-order valence-corrected chi connectivity index (χ4v) is 5.85. The minimum Gasteiger partial charge on any atom is -0.355 e. The summed E-state index contributed by atoms with van der Waals surface area (Å²) in [6.07, 6.45) is 5.98. The molecule has 2 aliphatic heterocycles. The van der Waals surface area contributed by atoms with E-state index in [1.807, 2.05) is 0 Å². The quantitative estimate of drug-likeness (QED) is 0.392. The van der Waals surface area contributed by atoms with Gasteiger partial charge in [0.15, 0.2) is 0 Å². The lowest BCUT2D eigenvalue weighted by Gasteiger charge is -2.32. The highest BCUT2D eigenvalue weighted by atomic mass is 15.1. The highest BCUT2D eigenvalue weighted by Gasteiger charge is 2.39. The van der Waals surface area contributed by atoms with Crippen molar-refractivity contribution < 1.29 is 0 Å². The molecule has 6 rings (SSSR count). The number of para-hydroxylation sites is 1. The summed E-state index contributed by atoms with van der Waals surface area (Å²) in [5, 5.41) is 7.57. The fraction of sp³-hybridized carbons (Fsp3) is 0.375. The summed E-state index contributed by atoms with van der Waals surface area (Å²) >= 11 is 0. The van der Waals surface area contributed by atoms with E-state index >= 15 is 0 Å². The molecular formula is C32H37N3. The summed E-state index contributed by atoms with van der Waals surface area (Å²) in [4.78, 5) is 2.66. The van der Waals surface area contributed by atoms with E-state index in [0.29, 0.717) is 5.41 Å². The topological polar surface area (TPSA) is 27.3 Å². The van der Waals surface area contributed by atoms with Crippen molar-refractivity contribution in [1.29, 1.82) is 0 Å². The van der Waals surface area contributed by atoms with Crippen molar-refractivity contribution >= 4 is 22.8 Å². The van der Waals surface area contributed by atoms with E-state index in [1.165, 1.54) is 69.8 Å². The number of benzene rings is 3. The Bertz CT molecular complexity index is 1300. The minimum absolute atomic E-state index is 0.575. The van der Waals surface area contributed by atoms with Crippen LogP contribution in [0.15, 0.2) is 66.2 Å². The van der Waals surface area contributed by atoms with Crippen molar-refractivity contribution in [3.8, 4) is 0 Å². The molecule has 1 aliphatic carbocycles. The Morgan fingerprint density at radius 2 is 1.83 bits per heavy atom. The first-order valence-corrected chi connectivity index (χ1v) is 13.3. The molecular weight excluding hydrogens is 426 g/mol. The second kappa shape index (κ2) is 8.87. The molecule has 2 N–H and O–H groups in total. The van der Waals surface area contributed by atoms with Crippen molar-refractivity contribution in [2.75, 3.05) is 23.7 Å².